The van der Waals surface area contributed by atoms with Gasteiger partial charge in [-0.05, 0) is 64.4 Å². The van der Waals surface area contributed by atoms with E-state index in [1.54, 1.807) is 0 Å². The third kappa shape index (κ3) is 4.81. The molecule has 0 radical (unpaired) electrons. The molecule has 0 spiro atoms. The molecule has 4 heteroatoms. The monoisotopic (exact) mass is 517 g/mol. The second-order valence-corrected chi connectivity index (χ2v) is 8.66. The number of allylic oxidation sites excluding steroid dienone is 1. The Morgan fingerprint density at radius 2 is 1.57 bits per heavy atom. The lowest BCUT2D eigenvalue weighted by Gasteiger charge is -2.11. The quantitative estimate of drug-likeness (QED) is 0.198. The fourth-order valence-corrected chi connectivity index (χ4v) is 3.84. The zero-order chi connectivity index (χ0) is 20.9. The van der Waals surface area contributed by atoms with Gasteiger partial charge >= 0.3 is 0 Å². The van der Waals surface area contributed by atoms with E-state index in [1.165, 1.54) is 0 Å². The predicted octanol–water partition coefficient (Wildman–Crippen LogP) is 8.01. The van der Waals surface area contributed by atoms with Crippen LogP contribution in [0, 0.1) is 11.3 Å². The van der Waals surface area contributed by atoms with Crippen molar-refractivity contribution in [2.75, 3.05) is 0 Å². The van der Waals surface area contributed by atoms with Crippen LogP contribution < -0.4 is 4.74 Å². The number of halogens is 2. The number of nitriles is 1. The van der Waals surface area contributed by atoms with Crippen LogP contribution in [0.15, 0.2) is 93.9 Å². The summed E-state index contributed by atoms with van der Waals surface area (Å²) in [7, 11) is 0. The van der Waals surface area contributed by atoms with Crippen molar-refractivity contribution in [2.45, 2.75) is 6.61 Å². The highest BCUT2D eigenvalue weighted by atomic mass is 79.9. The minimum absolute atomic E-state index is 0.452. The zero-order valence-corrected chi connectivity index (χ0v) is 19.2. The minimum Gasteiger partial charge on any atom is -0.488 e. The molecular weight excluding hydrogens is 502 g/mol. The van der Waals surface area contributed by atoms with Gasteiger partial charge in [0.25, 0.3) is 0 Å². The summed E-state index contributed by atoms with van der Waals surface area (Å²) in [5, 5.41) is 12.1. The Morgan fingerprint density at radius 1 is 0.833 bits per heavy atom. The first kappa shape index (κ1) is 20.4. The van der Waals surface area contributed by atoms with E-state index >= 15 is 0 Å². The van der Waals surface area contributed by atoms with E-state index in [2.05, 4.69) is 50.1 Å². The van der Waals surface area contributed by atoms with Crippen LogP contribution in [-0.4, -0.2) is 0 Å². The fraction of sp³-hybridized carbons (Fsp3) is 0.0385. The Morgan fingerprint density at radius 3 is 2.33 bits per heavy atom. The lowest BCUT2D eigenvalue weighted by Crippen LogP contribution is -1.97. The summed E-state index contributed by atoms with van der Waals surface area (Å²) in [6.45, 7) is 0.452. The molecule has 4 aromatic carbocycles. The van der Waals surface area contributed by atoms with Gasteiger partial charge in [0.2, 0.25) is 0 Å². The number of fused-ring (bicyclic) bond motifs is 1. The van der Waals surface area contributed by atoms with Gasteiger partial charge in [0.05, 0.1) is 11.6 Å². The Labute approximate surface area is 192 Å². The summed E-state index contributed by atoms with van der Waals surface area (Å²) in [4.78, 5) is 0. The summed E-state index contributed by atoms with van der Waals surface area (Å²) in [6, 6.07) is 30.4. The number of hydrogen-bond donors (Lipinski definition) is 0. The molecule has 0 aliphatic carbocycles. The van der Waals surface area contributed by atoms with Crippen LogP contribution in [0.3, 0.4) is 0 Å². The van der Waals surface area contributed by atoms with Gasteiger partial charge in [-0.1, -0.05) is 80.4 Å². The Balaban J connectivity index is 1.67. The lowest BCUT2D eigenvalue weighted by molar-refractivity contribution is 0.305. The van der Waals surface area contributed by atoms with Crippen molar-refractivity contribution in [3.63, 3.8) is 0 Å². The molecule has 146 valence electrons. The molecule has 0 heterocycles. The maximum absolute atomic E-state index is 9.83. The first-order valence-electron chi connectivity index (χ1n) is 9.40. The van der Waals surface area contributed by atoms with E-state index < -0.39 is 0 Å². The maximum atomic E-state index is 9.83. The highest BCUT2D eigenvalue weighted by Gasteiger charge is 2.08. The first-order chi connectivity index (χ1) is 14.6. The van der Waals surface area contributed by atoms with Gasteiger partial charge < -0.3 is 4.74 Å². The summed E-state index contributed by atoms with van der Waals surface area (Å²) in [5.74, 6) is 0.731. The van der Waals surface area contributed by atoms with Gasteiger partial charge in [-0.2, -0.15) is 5.26 Å². The largest absolute Gasteiger partial charge is 0.488 e. The van der Waals surface area contributed by atoms with Crippen LogP contribution in [0.1, 0.15) is 16.7 Å². The molecule has 0 saturated heterocycles. The summed E-state index contributed by atoms with van der Waals surface area (Å²) >= 11 is 6.98. The molecule has 4 rings (SSSR count). The smallest absolute Gasteiger partial charge is 0.127 e. The van der Waals surface area contributed by atoms with Crippen molar-refractivity contribution >= 4 is 54.3 Å². The lowest BCUT2D eigenvalue weighted by atomic mass is 10.00. The van der Waals surface area contributed by atoms with Crippen molar-refractivity contribution in [1.82, 2.24) is 0 Å². The molecule has 2 nitrogen and oxygen atoms in total. The molecule has 0 aliphatic rings. The molecule has 0 aliphatic heterocycles. The normalized spacial score (nSPS) is 11.3. The maximum Gasteiger partial charge on any atom is 0.127 e. The van der Waals surface area contributed by atoms with E-state index in [4.69, 9.17) is 4.74 Å². The van der Waals surface area contributed by atoms with E-state index in [9.17, 15) is 5.26 Å². The molecule has 0 fully saturated rings. The standard InChI is InChI=1S/C26H17Br2NO/c27-24-9-5-18(6-10-24)17-30-26-12-11-25(28)15-22(26)14-23(16-29)21-8-7-19-3-1-2-4-20(19)13-21/h1-15H,17H2/b23-14-. The molecule has 0 aromatic heterocycles. The number of nitrogens with zero attached hydrogens (tertiary/aromatic N) is 1. The minimum atomic E-state index is 0.452. The zero-order valence-electron chi connectivity index (χ0n) is 16.0. The van der Waals surface area contributed by atoms with Gasteiger partial charge in [-0.15, -0.1) is 0 Å². The summed E-state index contributed by atoms with van der Waals surface area (Å²) in [6.07, 6.45) is 1.88. The van der Waals surface area contributed by atoms with E-state index in [1.807, 2.05) is 78.9 Å². The molecule has 0 bridgehead atoms. The van der Waals surface area contributed by atoms with Crippen LogP contribution in [0.25, 0.3) is 22.4 Å². The van der Waals surface area contributed by atoms with Crippen molar-refractivity contribution in [3.8, 4) is 11.8 Å². The van der Waals surface area contributed by atoms with Crippen LogP contribution in [0.5, 0.6) is 5.75 Å². The molecule has 0 amide bonds. The number of benzene rings is 4. The highest BCUT2D eigenvalue weighted by molar-refractivity contribution is 9.10. The fourth-order valence-electron chi connectivity index (χ4n) is 3.20. The van der Waals surface area contributed by atoms with Crippen molar-refractivity contribution in [1.29, 1.82) is 5.26 Å². The molecule has 0 N–H and O–H groups in total. The molecule has 0 unspecified atom stereocenters. The average molecular weight is 519 g/mol. The Kier molecular flexibility index (Phi) is 6.32. The van der Waals surface area contributed by atoms with Gasteiger partial charge in [-0.25, -0.2) is 0 Å². The predicted molar refractivity (Wildman–Crippen MR) is 130 cm³/mol. The molecule has 0 atom stereocenters. The average Bonchev–Trinajstić information content (AvgIpc) is 2.77. The van der Waals surface area contributed by atoms with Gasteiger partial charge in [0, 0.05) is 14.5 Å². The van der Waals surface area contributed by atoms with Crippen molar-refractivity contribution < 1.29 is 4.74 Å². The Bertz CT molecular complexity index is 1270. The van der Waals surface area contributed by atoms with E-state index in [-0.39, 0.29) is 0 Å². The van der Waals surface area contributed by atoms with Crippen LogP contribution in [0.4, 0.5) is 0 Å². The van der Waals surface area contributed by atoms with Crippen LogP contribution >= 0.6 is 31.9 Å². The number of hydrogen-bond acceptors (Lipinski definition) is 2. The topological polar surface area (TPSA) is 33.0 Å². The number of rotatable bonds is 5. The second-order valence-electron chi connectivity index (χ2n) is 6.83. The highest BCUT2D eigenvalue weighted by Crippen LogP contribution is 2.29. The number of ether oxygens (including phenoxy) is 1. The van der Waals surface area contributed by atoms with Gasteiger partial charge in [0.1, 0.15) is 12.4 Å². The molecule has 0 saturated carbocycles. The molecule has 4 aromatic rings. The van der Waals surface area contributed by atoms with Crippen LogP contribution in [-0.2, 0) is 6.61 Å². The first-order valence-corrected chi connectivity index (χ1v) is 11.0. The third-order valence-corrected chi connectivity index (χ3v) is 5.78. The third-order valence-electron chi connectivity index (χ3n) is 4.76. The van der Waals surface area contributed by atoms with Crippen molar-refractivity contribution in [2.24, 2.45) is 0 Å². The summed E-state index contributed by atoms with van der Waals surface area (Å²) < 4.78 is 8.05. The second kappa shape index (κ2) is 9.30. The van der Waals surface area contributed by atoms with Gasteiger partial charge in [0.15, 0.2) is 0 Å². The Hall–Kier alpha value is -2.87. The van der Waals surface area contributed by atoms with Gasteiger partial charge in [-0.3, -0.25) is 0 Å². The van der Waals surface area contributed by atoms with E-state index in [0.717, 1.165) is 42.2 Å². The SMILES string of the molecule is N#C/C(=C/c1cc(Br)ccc1OCc1ccc(Br)cc1)c1ccc2ccccc2c1. The molecular formula is C26H17Br2NO. The van der Waals surface area contributed by atoms with Crippen molar-refractivity contribution in [3.05, 3.63) is 111 Å². The van der Waals surface area contributed by atoms with Crippen LogP contribution in [0.2, 0.25) is 0 Å². The molecule has 30 heavy (non-hydrogen) atoms. The summed E-state index contributed by atoms with van der Waals surface area (Å²) in [5.41, 5.74) is 3.40. The van der Waals surface area contributed by atoms with E-state index in [0.29, 0.717) is 12.2 Å².